The maximum atomic E-state index is 12.7. The van der Waals surface area contributed by atoms with Gasteiger partial charge >= 0.3 is 5.97 Å². The van der Waals surface area contributed by atoms with Gasteiger partial charge in [-0.05, 0) is 26.0 Å². The number of ether oxygens (including phenoxy) is 2. The average Bonchev–Trinajstić information content (AvgIpc) is 2.53. The molecule has 0 unspecified atom stereocenters. The first-order chi connectivity index (χ1) is 10.9. The van der Waals surface area contributed by atoms with Gasteiger partial charge in [0.15, 0.2) is 11.5 Å². The molecule has 0 atom stereocenters. The van der Waals surface area contributed by atoms with Crippen molar-refractivity contribution in [3.8, 4) is 11.5 Å². The molecule has 0 aliphatic carbocycles. The van der Waals surface area contributed by atoms with E-state index in [1.807, 2.05) is 26.0 Å². The molecule has 0 spiro atoms. The Balaban J connectivity index is 2.24. The Labute approximate surface area is 135 Å². The summed E-state index contributed by atoms with van der Waals surface area (Å²) in [5.41, 5.74) is 1.28. The fraction of sp³-hybridized carbons (Fsp3) is 0.412. The zero-order valence-electron chi connectivity index (χ0n) is 13.5. The monoisotopic (exact) mass is 319 g/mol. The van der Waals surface area contributed by atoms with E-state index in [2.05, 4.69) is 0 Å². The number of para-hydroxylation sites is 1. The molecule has 1 aliphatic heterocycles. The van der Waals surface area contributed by atoms with Gasteiger partial charge < -0.3 is 19.5 Å². The summed E-state index contributed by atoms with van der Waals surface area (Å²) in [6, 6.07) is 5.39. The number of carboxylic acid groups (broad SMARTS) is 1. The molecule has 0 radical (unpaired) electrons. The van der Waals surface area contributed by atoms with Gasteiger partial charge in [0.1, 0.15) is 6.61 Å². The van der Waals surface area contributed by atoms with Crippen LogP contribution in [-0.2, 0) is 9.59 Å². The van der Waals surface area contributed by atoms with Crippen LogP contribution in [0.3, 0.4) is 0 Å². The second-order valence-corrected chi connectivity index (χ2v) is 5.57. The highest BCUT2D eigenvalue weighted by atomic mass is 16.5. The van der Waals surface area contributed by atoms with Crippen molar-refractivity contribution in [3.05, 3.63) is 29.3 Å². The summed E-state index contributed by atoms with van der Waals surface area (Å²) in [5, 5.41) is 8.83. The number of benzene rings is 1. The van der Waals surface area contributed by atoms with Crippen LogP contribution in [-0.4, -0.2) is 48.2 Å². The third kappa shape index (κ3) is 3.83. The van der Waals surface area contributed by atoms with Gasteiger partial charge in [0, 0.05) is 18.2 Å². The zero-order valence-corrected chi connectivity index (χ0v) is 13.5. The number of hydrogen-bond donors (Lipinski definition) is 1. The fourth-order valence-electron chi connectivity index (χ4n) is 2.46. The van der Waals surface area contributed by atoms with Crippen LogP contribution in [0.2, 0.25) is 0 Å². The molecule has 124 valence electrons. The number of methoxy groups -OCH3 is 1. The summed E-state index contributed by atoms with van der Waals surface area (Å²) in [7, 11) is 1.57. The normalized spacial score (nSPS) is 13.0. The molecule has 6 nitrogen and oxygen atoms in total. The van der Waals surface area contributed by atoms with Gasteiger partial charge in [0.2, 0.25) is 0 Å². The molecule has 1 aromatic carbocycles. The van der Waals surface area contributed by atoms with Crippen LogP contribution in [0.15, 0.2) is 23.8 Å². The SMILES string of the molecule is COc1cccc2c1OCC(C(=O)N(CCC(=O)O)C(C)C)=C2. The van der Waals surface area contributed by atoms with Gasteiger partial charge in [-0.15, -0.1) is 0 Å². The molecule has 1 N–H and O–H groups in total. The number of carboxylic acids is 1. The Kier molecular flexibility index (Phi) is 5.26. The van der Waals surface area contributed by atoms with E-state index in [1.54, 1.807) is 24.2 Å². The lowest BCUT2D eigenvalue weighted by Crippen LogP contribution is -2.40. The van der Waals surface area contributed by atoms with Crippen LogP contribution < -0.4 is 9.47 Å². The topological polar surface area (TPSA) is 76.1 Å². The van der Waals surface area contributed by atoms with Crippen LogP contribution in [0.25, 0.3) is 6.08 Å². The first-order valence-electron chi connectivity index (χ1n) is 7.47. The molecule has 6 heteroatoms. The highest BCUT2D eigenvalue weighted by Crippen LogP contribution is 2.35. The molecular formula is C17H21NO5. The van der Waals surface area contributed by atoms with Crippen LogP contribution in [0, 0.1) is 0 Å². The smallest absolute Gasteiger partial charge is 0.305 e. The molecule has 23 heavy (non-hydrogen) atoms. The van der Waals surface area contributed by atoms with Crippen molar-refractivity contribution in [2.45, 2.75) is 26.3 Å². The third-order valence-electron chi connectivity index (χ3n) is 3.66. The van der Waals surface area contributed by atoms with E-state index >= 15 is 0 Å². The first kappa shape index (κ1) is 16.9. The summed E-state index contributed by atoms with van der Waals surface area (Å²) >= 11 is 0. The predicted molar refractivity (Wildman–Crippen MR) is 85.6 cm³/mol. The molecule has 1 heterocycles. The minimum Gasteiger partial charge on any atom is -0.493 e. The summed E-state index contributed by atoms with van der Waals surface area (Å²) in [6.45, 7) is 4.04. The second kappa shape index (κ2) is 7.17. The van der Waals surface area contributed by atoms with Crippen LogP contribution in [0.5, 0.6) is 11.5 Å². The van der Waals surface area contributed by atoms with Crippen molar-refractivity contribution in [1.29, 1.82) is 0 Å². The number of hydrogen-bond acceptors (Lipinski definition) is 4. The fourth-order valence-corrected chi connectivity index (χ4v) is 2.46. The summed E-state index contributed by atoms with van der Waals surface area (Å²) in [6.07, 6.45) is 1.70. The Bertz CT molecular complexity index is 636. The number of rotatable bonds is 6. The molecule has 0 fully saturated rings. The number of carbonyl (C=O) groups is 2. The van der Waals surface area contributed by atoms with Gasteiger partial charge in [-0.3, -0.25) is 9.59 Å². The Hall–Kier alpha value is -2.50. The number of amides is 1. The number of nitrogens with zero attached hydrogens (tertiary/aromatic N) is 1. The molecule has 0 saturated heterocycles. The molecule has 1 aliphatic rings. The van der Waals surface area contributed by atoms with E-state index in [0.717, 1.165) is 5.56 Å². The van der Waals surface area contributed by atoms with E-state index in [1.165, 1.54) is 0 Å². The first-order valence-corrected chi connectivity index (χ1v) is 7.47. The molecular weight excluding hydrogens is 298 g/mol. The van der Waals surface area contributed by atoms with E-state index in [4.69, 9.17) is 14.6 Å². The quantitative estimate of drug-likeness (QED) is 0.870. The van der Waals surface area contributed by atoms with E-state index in [0.29, 0.717) is 17.1 Å². The maximum absolute atomic E-state index is 12.7. The Morgan fingerprint density at radius 2 is 2.13 bits per heavy atom. The van der Waals surface area contributed by atoms with E-state index < -0.39 is 5.97 Å². The van der Waals surface area contributed by atoms with Crippen molar-refractivity contribution >= 4 is 18.0 Å². The summed E-state index contributed by atoms with van der Waals surface area (Å²) < 4.78 is 10.9. The summed E-state index contributed by atoms with van der Waals surface area (Å²) in [4.78, 5) is 25.0. The minimum absolute atomic E-state index is 0.0809. The van der Waals surface area contributed by atoms with E-state index in [9.17, 15) is 9.59 Å². The molecule has 1 amide bonds. The maximum Gasteiger partial charge on any atom is 0.305 e. The molecule has 0 saturated carbocycles. The molecule has 0 bridgehead atoms. The van der Waals surface area contributed by atoms with Crippen molar-refractivity contribution < 1.29 is 24.2 Å². The standard InChI is InChI=1S/C17H21NO5/c1-11(2)18(8-7-15(19)20)17(21)13-9-12-5-4-6-14(22-3)16(12)23-10-13/h4-6,9,11H,7-8,10H2,1-3H3,(H,19,20). The van der Waals surface area contributed by atoms with Gasteiger partial charge in [-0.2, -0.15) is 0 Å². The number of fused-ring (bicyclic) bond motifs is 1. The average molecular weight is 319 g/mol. The summed E-state index contributed by atoms with van der Waals surface area (Å²) in [5.74, 6) is 0.118. The minimum atomic E-state index is -0.924. The molecule has 0 aromatic heterocycles. The molecule has 1 aromatic rings. The van der Waals surface area contributed by atoms with Gasteiger partial charge in [0.25, 0.3) is 5.91 Å². The lowest BCUT2D eigenvalue weighted by Gasteiger charge is -2.29. The van der Waals surface area contributed by atoms with Crippen molar-refractivity contribution in [2.24, 2.45) is 0 Å². The zero-order chi connectivity index (χ0) is 17.0. The van der Waals surface area contributed by atoms with Gasteiger partial charge in [0.05, 0.1) is 19.1 Å². The number of aliphatic carboxylic acids is 1. The van der Waals surface area contributed by atoms with Gasteiger partial charge in [-0.1, -0.05) is 12.1 Å². The van der Waals surface area contributed by atoms with Crippen LogP contribution >= 0.6 is 0 Å². The largest absolute Gasteiger partial charge is 0.493 e. The van der Waals surface area contributed by atoms with Crippen molar-refractivity contribution in [1.82, 2.24) is 4.90 Å². The lowest BCUT2D eigenvalue weighted by atomic mass is 10.1. The predicted octanol–water partition coefficient (Wildman–Crippen LogP) is 2.18. The third-order valence-corrected chi connectivity index (χ3v) is 3.66. The van der Waals surface area contributed by atoms with Gasteiger partial charge in [-0.25, -0.2) is 0 Å². The number of carbonyl (C=O) groups excluding carboxylic acids is 1. The lowest BCUT2D eigenvalue weighted by molar-refractivity contribution is -0.138. The Morgan fingerprint density at radius 1 is 1.39 bits per heavy atom. The van der Waals surface area contributed by atoms with Crippen molar-refractivity contribution in [3.63, 3.8) is 0 Å². The second-order valence-electron chi connectivity index (χ2n) is 5.57. The Morgan fingerprint density at radius 3 is 2.74 bits per heavy atom. The van der Waals surface area contributed by atoms with E-state index in [-0.39, 0.29) is 31.5 Å². The van der Waals surface area contributed by atoms with Crippen LogP contribution in [0.1, 0.15) is 25.8 Å². The highest BCUT2D eigenvalue weighted by molar-refractivity contribution is 5.99. The van der Waals surface area contributed by atoms with Crippen molar-refractivity contribution in [2.75, 3.05) is 20.3 Å². The highest BCUT2D eigenvalue weighted by Gasteiger charge is 2.25. The van der Waals surface area contributed by atoms with Crippen LogP contribution in [0.4, 0.5) is 0 Å². The molecule has 2 rings (SSSR count).